The second-order valence-corrected chi connectivity index (χ2v) is 8.18. The van der Waals surface area contributed by atoms with Gasteiger partial charge in [0.1, 0.15) is 5.75 Å². The van der Waals surface area contributed by atoms with E-state index >= 15 is 0 Å². The van der Waals surface area contributed by atoms with E-state index in [1.165, 1.54) is 0 Å². The third-order valence-electron chi connectivity index (χ3n) is 4.10. The van der Waals surface area contributed by atoms with Crippen molar-refractivity contribution in [3.63, 3.8) is 0 Å². The Morgan fingerprint density at radius 1 is 1.10 bits per heavy atom. The number of amides is 2. The largest absolute Gasteiger partial charge is 0.484 e. The molecule has 0 aromatic heterocycles. The fraction of sp³-hybridized carbons (Fsp3) is 0.571. The number of carbonyl (C=O) groups is 2. The van der Waals surface area contributed by atoms with Crippen molar-refractivity contribution in [2.24, 2.45) is 4.99 Å². The smallest absolute Gasteiger partial charge is 0.258 e. The maximum absolute atomic E-state index is 11.9. The van der Waals surface area contributed by atoms with Crippen LogP contribution >= 0.6 is 24.0 Å². The van der Waals surface area contributed by atoms with Crippen LogP contribution in [0.3, 0.4) is 0 Å². The number of aliphatic imine (C=N–C) groups is 1. The lowest BCUT2D eigenvalue weighted by Crippen LogP contribution is -2.48. The number of ether oxygens (including phenoxy) is 1. The van der Waals surface area contributed by atoms with Gasteiger partial charge in [-0.15, -0.1) is 24.0 Å². The summed E-state index contributed by atoms with van der Waals surface area (Å²) < 4.78 is 5.51. The van der Waals surface area contributed by atoms with E-state index in [1.807, 2.05) is 45.0 Å². The molecule has 1 aromatic carbocycles. The molecule has 2 amide bonds. The van der Waals surface area contributed by atoms with Crippen molar-refractivity contribution in [3.05, 3.63) is 29.8 Å². The van der Waals surface area contributed by atoms with Crippen LogP contribution in [0.4, 0.5) is 0 Å². The molecular formula is C21H34IN5O3. The van der Waals surface area contributed by atoms with E-state index in [2.05, 4.69) is 26.3 Å². The highest BCUT2D eigenvalue weighted by Crippen LogP contribution is 2.18. The molecule has 0 saturated heterocycles. The van der Waals surface area contributed by atoms with Crippen molar-refractivity contribution in [1.29, 1.82) is 0 Å². The van der Waals surface area contributed by atoms with E-state index in [0.717, 1.165) is 24.8 Å². The molecule has 0 spiro atoms. The minimum Gasteiger partial charge on any atom is -0.484 e. The molecule has 1 aliphatic carbocycles. The van der Waals surface area contributed by atoms with Crippen LogP contribution in [0.15, 0.2) is 29.3 Å². The maximum Gasteiger partial charge on any atom is 0.258 e. The van der Waals surface area contributed by atoms with Crippen LogP contribution in [0.1, 0.15) is 39.2 Å². The van der Waals surface area contributed by atoms with Crippen LogP contribution in [0.2, 0.25) is 0 Å². The van der Waals surface area contributed by atoms with E-state index in [1.54, 1.807) is 7.05 Å². The van der Waals surface area contributed by atoms with Crippen LogP contribution in [-0.2, 0) is 16.0 Å². The molecule has 8 nitrogen and oxygen atoms in total. The van der Waals surface area contributed by atoms with Crippen molar-refractivity contribution >= 4 is 41.8 Å². The summed E-state index contributed by atoms with van der Waals surface area (Å²) in [6, 6.07) is 8.03. The first-order valence-corrected chi connectivity index (χ1v) is 10.0. The van der Waals surface area contributed by atoms with Gasteiger partial charge in [-0.2, -0.15) is 0 Å². The zero-order chi connectivity index (χ0) is 21.3. The molecule has 0 heterocycles. The second-order valence-electron chi connectivity index (χ2n) is 8.18. The van der Waals surface area contributed by atoms with Gasteiger partial charge in [-0.25, -0.2) is 0 Å². The summed E-state index contributed by atoms with van der Waals surface area (Å²) in [5, 5.41) is 12.0. The molecule has 1 aliphatic rings. The molecule has 1 saturated carbocycles. The van der Waals surface area contributed by atoms with Crippen LogP contribution in [0.25, 0.3) is 0 Å². The Labute approximate surface area is 196 Å². The Morgan fingerprint density at radius 3 is 2.33 bits per heavy atom. The minimum atomic E-state index is -0.257. The van der Waals surface area contributed by atoms with Gasteiger partial charge in [0, 0.05) is 25.2 Å². The Kier molecular flexibility index (Phi) is 10.9. The van der Waals surface area contributed by atoms with Gasteiger partial charge >= 0.3 is 0 Å². The molecule has 0 unspecified atom stereocenters. The number of halogens is 1. The molecule has 30 heavy (non-hydrogen) atoms. The van der Waals surface area contributed by atoms with Gasteiger partial charge in [0.15, 0.2) is 12.6 Å². The highest BCUT2D eigenvalue weighted by molar-refractivity contribution is 14.0. The summed E-state index contributed by atoms with van der Waals surface area (Å²) in [7, 11) is 1.67. The summed E-state index contributed by atoms with van der Waals surface area (Å²) in [6.07, 6.45) is 2.93. The first-order chi connectivity index (χ1) is 13.7. The van der Waals surface area contributed by atoms with Gasteiger partial charge in [-0.05, 0) is 57.7 Å². The number of hydrogen-bond acceptors (Lipinski definition) is 4. The standard InChI is InChI=1S/C21H33N5O3.HI/c1-21(2,3)26-18(27)13-24-20(22-4)23-12-11-15-5-9-17(10-6-15)29-14-19(28)25-16-7-8-16;/h5-6,9-10,16H,7-8,11-14H2,1-4H3,(H,25,28)(H,26,27)(H2,22,23,24);1H. The van der Waals surface area contributed by atoms with Crippen molar-refractivity contribution in [1.82, 2.24) is 21.3 Å². The number of hydrogen-bond donors (Lipinski definition) is 4. The average molecular weight is 531 g/mol. The maximum atomic E-state index is 11.9. The molecule has 0 radical (unpaired) electrons. The van der Waals surface area contributed by atoms with Crippen LogP contribution in [-0.4, -0.2) is 56.1 Å². The van der Waals surface area contributed by atoms with Crippen LogP contribution in [0, 0.1) is 0 Å². The Bertz CT molecular complexity index is 712. The van der Waals surface area contributed by atoms with Crippen LogP contribution in [0.5, 0.6) is 5.75 Å². The number of carbonyl (C=O) groups excluding carboxylic acids is 2. The fourth-order valence-corrected chi connectivity index (χ4v) is 2.57. The molecule has 0 aliphatic heterocycles. The Hall–Kier alpha value is -2.04. The monoisotopic (exact) mass is 531 g/mol. The minimum absolute atomic E-state index is 0. The number of nitrogens with zero attached hydrogens (tertiary/aromatic N) is 1. The average Bonchev–Trinajstić information content (AvgIpc) is 3.46. The highest BCUT2D eigenvalue weighted by atomic mass is 127. The van der Waals surface area contributed by atoms with Gasteiger partial charge in [0.2, 0.25) is 5.91 Å². The molecule has 0 bridgehead atoms. The van der Waals surface area contributed by atoms with E-state index in [9.17, 15) is 9.59 Å². The lowest BCUT2D eigenvalue weighted by Gasteiger charge is -2.21. The number of nitrogens with one attached hydrogen (secondary N) is 4. The van der Waals surface area contributed by atoms with E-state index in [4.69, 9.17) is 4.74 Å². The van der Waals surface area contributed by atoms with Crippen LogP contribution < -0.4 is 26.0 Å². The topological polar surface area (TPSA) is 104 Å². The summed E-state index contributed by atoms with van der Waals surface area (Å²) in [5.74, 6) is 1.10. The fourth-order valence-electron chi connectivity index (χ4n) is 2.57. The van der Waals surface area contributed by atoms with E-state index in [0.29, 0.717) is 24.3 Å². The predicted octanol–water partition coefficient (Wildman–Crippen LogP) is 1.58. The van der Waals surface area contributed by atoms with Gasteiger partial charge in [-0.3, -0.25) is 14.6 Å². The quantitative estimate of drug-likeness (QED) is 0.220. The molecule has 1 aromatic rings. The zero-order valence-corrected chi connectivity index (χ0v) is 20.5. The lowest BCUT2D eigenvalue weighted by atomic mass is 10.1. The lowest BCUT2D eigenvalue weighted by molar-refractivity contribution is -0.123. The van der Waals surface area contributed by atoms with E-state index < -0.39 is 0 Å². The first kappa shape index (κ1) is 26.0. The van der Waals surface area contributed by atoms with Crippen molar-refractivity contribution in [2.75, 3.05) is 26.7 Å². The molecule has 168 valence electrons. The van der Waals surface area contributed by atoms with Gasteiger partial charge in [0.25, 0.3) is 5.91 Å². The molecule has 0 atom stereocenters. The molecule has 9 heteroatoms. The Balaban J connectivity index is 0.00000450. The van der Waals surface area contributed by atoms with E-state index in [-0.39, 0.29) is 54.5 Å². The van der Waals surface area contributed by atoms with Gasteiger partial charge in [0.05, 0.1) is 6.54 Å². The summed E-state index contributed by atoms with van der Waals surface area (Å²) >= 11 is 0. The molecular weight excluding hydrogens is 497 g/mol. The molecule has 4 N–H and O–H groups in total. The number of rotatable bonds is 9. The van der Waals surface area contributed by atoms with Gasteiger partial charge in [-0.1, -0.05) is 12.1 Å². The highest BCUT2D eigenvalue weighted by Gasteiger charge is 2.23. The van der Waals surface area contributed by atoms with Gasteiger partial charge < -0.3 is 26.0 Å². The third kappa shape index (κ3) is 11.2. The Morgan fingerprint density at radius 2 is 1.77 bits per heavy atom. The van der Waals surface area contributed by atoms with Crippen molar-refractivity contribution in [3.8, 4) is 5.75 Å². The predicted molar refractivity (Wildman–Crippen MR) is 129 cm³/mol. The summed E-state index contributed by atoms with van der Waals surface area (Å²) in [5.41, 5.74) is 0.875. The second kappa shape index (κ2) is 12.6. The third-order valence-corrected chi connectivity index (χ3v) is 4.10. The van der Waals surface area contributed by atoms with Crippen molar-refractivity contribution in [2.45, 2.75) is 51.6 Å². The molecule has 1 fully saturated rings. The van der Waals surface area contributed by atoms with Crippen molar-refractivity contribution < 1.29 is 14.3 Å². The summed E-state index contributed by atoms with van der Waals surface area (Å²) in [4.78, 5) is 27.6. The molecule has 2 rings (SSSR count). The first-order valence-electron chi connectivity index (χ1n) is 10.0. The SMILES string of the molecule is CN=C(NCCc1ccc(OCC(=O)NC2CC2)cc1)NCC(=O)NC(C)(C)C.I. The summed E-state index contributed by atoms with van der Waals surface area (Å²) in [6.45, 7) is 6.70. The zero-order valence-electron chi connectivity index (χ0n) is 18.2. The normalized spacial score (nSPS) is 13.7. The number of guanidine groups is 1. The number of benzene rings is 1.